The van der Waals surface area contributed by atoms with Crippen molar-refractivity contribution in [2.75, 3.05) is 11.9 Å². The van der Waals surface area contributed by atoms with Gasteiger partial charge in [0.1, 0.15) is 17.4 Å². The zero-order valence-electron chi connectivity index (χ0n) is 13.8. The Bertz CT molecular complexity index is 868. The van der Waals surface area contributed by atoms with Crippen molar-refractivity contribution in [3.05, 3.63) is 65.2 Å². The summed E-state index contributed by atoms with van der Waals surface area (Å²) < 4.78 is 44.3. The van der Waals surface area contributed by atoms with E-state index in [9.17, 15) is 23.2 Å². The molecule has 2 aromatic carbocycles. The van der Waals surface area contributed by atoms with Gasteiger partial charge in [-0.05, 0) is 42.8 Å². The largest absolute Gasteiger partial charge is 0.494 e. The third-order valence-electron chi connectivity index (χ3n) is 3.33. The number of benzene rings is 2. The average molecular weight is 360 g/mol. The first-order chi connectivity index (χ1) is 12.3. The molecule has 0 aliphatic heterocycles. The van der Waals surface area contributed by atoms with Crippen molar-refractivity contribution >= 4 is 17.7 Å². The zero-order chi connectivity index (χ0) is 19.2. The Balaban J connectivity index is 2.28. The molecule has 0 saturated carbocycles. The van der Waals surface area contributed by atoms with E-state index < -0.39 is 23.3 Å². The molecule has 26 heavy (non-hydrogen) atoms. The highest BCUT2D eigenvalue weighted by atomic mass is 19.4. The van der Waals surface area contributed by atoms with Crippen LogP contribution in [0.1, 0.15) is 18.1 Å². The van der Waals surface area contributed by atoms with Crippen molar-refractivity contribution in [2.45, 2.75) is 13.1 Å². The van der Waals surface area contributed by atoms with Gasteiger partial charge in [0.2, 0.25) is 0 Å². The number of halogens is 3. The fraction of sp³-hybridized carbons (Fsp3) is 0.158. The third-order valence-corrected chi connectivity index (χ3v) is 3.33. The maximum absolute atomic E-state index is 13.0. The van der Waals surface area contributed by atoms with Crippen LogP contribution in [-0.4, -0.2) is 12.5 Å². The Labute approximate surface area is 148 Å². The van der Waals surface area contributed by atoms with Crippen LogP contribution in [0.5, 0.6) is 5.75 Å². The molecule has 0 saturated heterocycles. The predicted octanol–water partition coefficient (Wildman–Crippen LogP) is 4.65. The summed E-state index contributed by atoms with van der Waals surface area (Å²) in [5.74, 6) is -0.368. The van der Waals surface area contributed by atoms with Crippen molar-refractivity contribution in [2.24, 2.45) is 0 Å². The lowest BCUT2D eigenvalue weighted by atomic mass is 10.1. The van der Waals surface area contributed by atoms with E-state index in [1.165, 1.54) is 18.2 Å². The van der Waals surface area contributed by atoms with Gasteiger partial charge in [0.05, 0.1) is 17.9 Å². The maximum Gasteiger partial charge on any atom is 0.418 e. The topological polar surface area (TPSA) is 62.1 Å². The van der Waals surface area contributed by atoms with Gasteiger partial charge in [0.15, 0.2) is 0 Å². The lowest BCUT2D eigenvalue weighted by molar-refractivity contribution is -0.137. The van der Waals surface area contributed by atoms with Crippen molar-refractivity contribution in [1.29, 1.82) is 5.26 Å². The number of alkyl halides is 3. The van der Waals surface area contributed by atoms with Crippen LogP contribution in [0, 0.1) is 11.3 Å². The standard InChI is InChI=1S/C19H15F3N2O2/c1-2-26-15-7-5-6-13(11-15)10-14(12-23)18(25)24-17-9-4-3-8-16(17)19(20,21)22/h3-11H,2H2,1H3,(H,24,25)/b14-10+. The molecule has 0 spiro atoms. The van der Waals surface area contributed by atoms with E-state index in [0.29, 0.717) is 17.9 Å². The molecule has 1 N–H and O–H groups in total. The molecular weight excluding hydrogens is 345 g/mol. The molecular formula is C19H15F3N2O2. The summed E-state index contributed by atoms with van der Waals surface area (Å²) in [5, 5.41) is 11.4. The van der Waals surface area contributed by atoms with Gasteiger partial charge in [-0.1, -0.05) is 24.3 Å². The van der Waals surface area contributed by atoms with Gasteiger partial charge in [0.25, 0.3) is 5.91 Å². The summed E-state index contributed by atoms with van der Waals surface area (Å²) in [4.78, 5) is 12.2. The maximum atomic E-state index is 13.0. The summed E-state index contributed by atoms with van der Waals surface area (Å²) >= 11 is 0. The van der Waals surface area contributed by atoms with Gasteiger partial charge >= 0.3 is 6.18 Å². The van der Waals surface area contributed by atoms with Crippen molar-refractivity contribution in [3.63, 3.8) is 0 Å². The lowest BCUT2D eigenvalue weighted by Gasteiger charge is -2.13. The molecule has 7 heteroatoms. The smallest absolute Gasteiger partial charge is 0.418 e. The minimum atomic E-state index is -4.62. The Morgan fingerprint density at radius 1 is 1.23 bits per heavy atom. The van der Waals surface area contributed by atoms with Crippen LogP contribution in [0.3, 0.4) is 0 Å². The number of nitriles is 1. The zero-order valence-corrected chi connectivity index (χ0v) is 13.8. The molecule has 0 bridgehead atoms. The van der Waals surface area contributed by atoms with E-state index in [4.69, 9.17) is 4.74 Å². The van der Waals surface area contributed by atoms with Crippen LogP contribution in [-0.2, 0) is 11.0 Å². The molecule has 0 aromatic heterocycles. The number of ether oxygens (including phenoxy) is 1. The molecule has 134 valence electrons. The number of hydrogen-bond acceptors (Lipinski definition) is 3. The Kier molecular flexibility index (Phi) is 6.02. The number of nitrogens with zero attached hydrogens (tertiary/aromatic N) is 1. The molecule has 0 atom stereocenters. The summed E-state index contributed by atoms with van der Waals surface area (Å²) in [6.45, 7) is 2.27. The first-order valence-corrected chi connectivity index (χ1v) is 7.67. The number of anilines is 1. The van der Waals surface area contributed by atoms with Gasteiger partial charge in [0, 0.05) is 0 Å². The fourth-order valence-electron chi connectivity index (χ4n) is 2.20. The Morgan fingerprint density at radius 3 is 2.62 bits per heavy atom. The Hall–Kier alpha value is -3.27. The van der Waals surface area contributed by atoms with Crippen LogP contribution in [0.2, 0.25) is 0 Å². The third kappa shape index (κ3) is 4.86. The van der Waals surface area contributed by atoms with E-state index in [0.717, 1.165) is 12.1 Å². The van der Waals surface area contributed by atoms with Crippen molar-refractivity contribution < 1.29 is 22.7 Å². The molecule has 0 radical (unpaired) electrons. The summed E-state index contributed by atoms with van der Waals surface area (Å²) in [6, 6.07) is 13.0. The highest BCUT2D eigenvalue weighted by Gasteiger charge is 2.33. The van der Waals surface area contributed by atoms with E-state index in [1.54, 1.807) is 30.3 Å². The molecule has 4 nitrogen and oxygen atoms in total. The molecule has 0 aliphatic carbocycles. The first kappa shape index (κ1) is 19.1. The molecule has 1 amide bonds. The van der Waals surface area contributed by atoms with Crippen LogP contribution in [0.4, 0.5) is 18.9 Å². The summed E-state index contributed by atoms with van der Waals surface area (Å²) in [7, 11) is 0. The van der Waals surface area contributed by atoms with Crippen molar-refractivity contribution in [1.82, 2.24) is 0 Å². The fourth-order valence-corrected chi connectivity index (χ4v) is 2.20. The van der Waals surface area contributed by atoms with Crippen LogP contribution in [0.15, 0.2) is 54.1 Å². The number of amides is 1. The summed E-state index contributed by atoms with van der Waals surface area (Å²) in [6.07, 6.45) is -3.33. The van der Waals surface area contributed by atoms with Crippen molar-refractivity contribution in [3.8, 4) is 11.8 Å². The highest BCUT2D eigenvalue weighted by Crippen LogP contribution is 2.34. The second-order valence-corrected chi connectivity index (χ2v) is 5.17. The van der Waals surface area contributed by atoms with Crippen LogP contribution < -0.4 is 10.1 Å². The second-order valence-electron chi connectivity index (χ2n) is 5.17. The van der Waals surface area contributed by atoms with Crippen LogP contribution in [0.25, 0.3) is 6.08 Å². The van der Waals surface area contributed by atoms with Gasteiger partial charge in [-0.25, -0.2) is 0 Å². The Morgan fingerprint density at radius 2 is 1.96 bits per heavy atom. The number of carbonyl (C=O) groups excluding carboxylic acids is 1. The van der Waals surface area contributed by atoms with Gasteiger partial charge < -0.3 is 10.1 Å². The number of rotatable bonds is 5. The van der Waals surface area contributed by atoms with E-state index in [1.807, 2.05) is 6.92 Å². The van der Waals surface area contributed by atoms with E-state index in [-0.39, 0.29) is 5.57 Å². The van der Waals surface area contributed by atoms with E-state index in [2.05, 4.69) is 5.32 Å². The van der Waals surface area contributed by atoms with Gasteiger partial charge in [-0.2, -0.15) is 18.4 Å². The predicted molar refractivity (Wildman–Crippen MR) is 91.3 cm³/mol. The lowest BCUT2D eigenvalue weighted by Crippen LogP contribution is -2.17. The molecule has 0 heterocycles. The minimum absolute atomic E-state index is 0.323. The number of nitrogens with one attached hydrogen (secondary N) is 1. The van der Waals surface area contributed by atoms with E-state index >= 15 is 0 Å². The molecule has 2 aromatic rings. The van der Waals surface area contributed by atoms with Crippen LogP contribution >= 0.6 is 0 Å². The monoisotopic (exact) mass is 360 g/mol. The highest BCUT2D eigenvalue weighted by molar-refractivity contribution is 6.10. The SMILES string of the molecule is CCOc1cccc(/C=C(\C#N)C(=O)Nc2ccccc2C(F)(F)F)c1. The number of carbonyl (C=O) groups is 1. The number of hydrogen-bond donors (Lipinski definition) is 1. The average Bonchev–Trinajstić information content (AvgIpc) is 2.60. The normalized spacial score (nSPS) is 11.6. The molecule has 2 rings (SSSR count). The number of para-hydroxylation sites is 1. The van der Waals surface area contributed by atoms with Gasteiger partial charge in [-0.3, -0.25) is 4.79 Å². The second kappa shape index (κ2) is 8.21. The minimum Gasteiger partial charge on any atom is -0.494 e. The molecule has 0 unspecified atom stereocenters. The quantitative estimate of drug-likeness (QED) is 0.624. The summed E-state index contributed by atoms with van der Waals surface area (Å²) in [5.41, 5.74) is -1.19. The molecule has 0 fully saturated rings. The molecule has 0 aliphatic rings. The first-order valence-electron chi connectivity index (χ1n) is 7.67. The van der Waals surface area contributed by atoms with Gasteiger partial charge in [-0.15, -0.1) is 0 Å².